The van der Waals surface area contributed by atoms with E-state index in [4.69, 9.17) is 15.2 Å². The predicted octanol–water partition coefficient (Wildman–Crippen LogP) is 2.05. The molecule has 2 N–H and O–H groups in total. The van der Waals surface area contributed by atoms with Crippen molar-refractivity contribution < 1.29 is 9.47 Å². The van der Waals surface area contributed by atoms with E-state index in [9.17, 15) is 0 Å². The highest BCUT2D eigenvalue weighted by Crippen LogP contribution is 2.21. The van der Waals surface area contributed by atoms with Crippen LogP contribution in [0, 0.1) is 0 Å². The molecule has 1 aliphatic rings. The third kappa shape index (κ3) is 3.41. The normalized spacial score (nSPS) is 22.1. The van der Waals surface area contributed by atoms with Gasteiger partial charge in [-0.25, -0.2) is 4.98 Å². The summed E-state index contributed by atoms with van der Waals surface area (Å²) in [6.45, 7) is 3.34. The van der Waals surface area contributed by atoms with Gasteiger partial charge in [-0.1, -0.05) is 6.07 Å². The van der Waals surface area contributed by atoms with Crippen molar-refractivity contribution >= 4 is 0 Å². The van der Waals surface area contributed by atoms with Crippen molar-refractivity contribution in [3.05, 3.63) is 23.9 Å². The van der Waals surface area contributed by atoms with Crippen molar-refractivity contribution in [3.63, 3.8) is 0 Å². The molecule has 0 radical (unpaired) electrons. The summed E-state index contributed by atoms with van der Waals surface area (Å²) in [4.78, 5) is 4.23. The summed E-state index contributed by atoms with van der Waals surface area (Å²) < 4.78 is 11.3. The van der Waals surface area contributed by atoms with Gasteiger partial charge in [-0.05, 0) is 32.3 Å². The standard InChI is InChI=1S/C13H20N2O2/c1-10(14)12-6-4-7-15-13(12)17-9-11-5-2-3-8-16-11/h4,6-7,10-11H,2-3,5,8-9,14H2,1H3/t10-,11?/m1/s1. The highest BCUT2D eigenvalue weighted by Gasteiger charge is 2.16. The summed E-state index contributed by atoms with van der Waals surface area (Å²) in [5.41, 5.74) is 6.82. The van der Waals surface area contributed by atoms with Crippen molar-refractivity contribution in [2.45, 2.75) is 38.3 Å². The molecule has 1 fully saturated rings. The van der Waals surface area contributed by atoms with Gasteiger partial charge in [-0.3, -0.25) is 0 Å². The molecular weight excluding hydrogens is 216 g/mol. The lowest BCUT2D eigenvalue weighted by Gasteiger charge is -2.23. The molecule has 2 atom stereocenters. The molecule has 0 saturated carbocycles. The lowest BCUT2D eigenvalue weighted by molar-refractivity contribution is -0.0121. The number of nitrogens with zero attached hydrogens (tertiary/aromatic N) is 1. The molecule has 1 unspecified atom stereocenters. The molecule has 0 spiro atoms. The minimum atomic E-state index is -0.0639. The maximum absolute atomic E-state index is 5.87. The number of aromatic nitrogens is 1. The Bertz CT molecular complexity index is 349. The fraction of sp³-hybridized carbons (Fsp3) is 0.615. The number of rotatable bonds is 4. The van der Waals surface area contributed by atoms with Crippen molar-refractivity contribution in [2.24, 2.45) is 5.73 Å². The monoisotopic (exact) mass is 236 g/mol. The first-order chi connectivity index (χ1) is 8.27. The van der Waals surface area contributed by atoms with E-state index in [1.165, 1.54) is 6.42 Å². The lowest BCUT2D eigenvalue weighted by Crippen LogP contribution is -2.26. The van der Waals surface area contributed by atoms with Gasteiger partial charge in [0.2, 0.25) is 5.88 Å². The maximum Gasteiger partial charge on any atom is 0.218 e. The summed E-state index contributed by atoms with van der Waals surface area (Å²) in [5.74, 6) is 0.636. The number of pyridine rings is 1. The minimum absolute atomic E-state index is 0.0639. The average molecular weight is 236 g/mol. The zero-order valence-corrected chi connectivity index (χ0v) is 10.3. The first-order valence-corrected chi connectivity index (χ1v) is 6.22. The van der Waals surface area contributed by atoms with Crippen molar-refractivity contribution in [1.29, 1.82) is 0 Å². The van der Waals surface area contributed by atoms with Crippen LogP contribution in [-0.4, -0.2) is 24.3 Å². The van der Waals surface area contributed by atoms with Gasteiger partial charge < -0.3 is 15.2 Å². The molecule has 0 bridgehead atoms. The van der Waals surface area contributed by atoms with Crippen LogP contribution in [0.15, 0.2) is 18.3 Å². The topological polar surface area (TPSA) is 57.4 Å². The molecular formula is C13H20N2O2. The third-order valence-electron chi connectivity index (χ3n) is 2.97. The molecule has 1 aliphatic heterocycles. The number of nitrogens with two attached hydrogens (primary N) is 1. The third-order valence-corrected chi connectivity index (χ3v) is 2.97. The van der Waals surface area contributed by atoms with E-state index in [0.29, 0.717) is 12.5 Å². The largest absolute Gasteiger partial charge is 0.475 e. The second kappa shape index (κ2) is 5.98. The van der Waals surface area contributed by atoms with Crippen LogP contribution in [0.3, 0.4) is 0 Å². The van der Waals surface area contributed by atoms with Crippen LogP contribution in [0.5, 0.6) is 5.88 Å². The first kappa shape index (κ1) is 12.3. The SMILES string of the molecule is C[C@@H](N)c1cccnc1OCC1CCCCO1. The van der Waals surface area contributed by atoms with Gasteiger partial charge in [0.25, 0.3) is 0 Å². The lowest BCUT2D eigenvalue weighted by atomic mass is 10.1. The molecule has 1 aromatic rings. The zero-order valence-electron chi connectivity index (χ0n) is 10.3. The van der Waals surface area contributed by atoms with Crippen molar-refractivity contribution in [2.75, 3.05) is 13.2 Å². The second-order valence-corrected chi connectivity index (χ2v) is 4.49. The van der Waals surface area contributed by atoms with E-state index in [1.54, 1.807) is 6.20 Å². The van der Waals surface area contributed by atoms with Crippen LogP contribution in [-0.2, 0) is 4.74 Å². The van der Waals surface area contributed by atoms with Gasteiger partial charge in [0.05, 0.1) is 6.10 Å². The Balaban J connectivity index is 1.93. The van der Waals surface area contributed by atoms with Crippen LogP contribution in [0.1, 0.15) is 37.8 Å². The van der Waals surface area contributed by atoms with E-state index in [2.05, 4.69) is 4.98 Å². The van der Waals surface area contributed by atoms with E-state index in [1.807, 2.05) is 19.1 Å². The highest BCUT2D eigenvalue weighted by molar-refractivity contribution is 5.28. The van der Waals surface area contributed by atoms with Crippen molar-refractivity contribution in [1.82, 2.24) is 4.98 Å². The molecule has 4 nitrogen and oxygen atoms in total. The Labute approximate surface area is 102 Å². The molecule has 17 heavy (non-hydrogen) atoms. The maximum atomic E-state index is 5.87. The fourth-order valence-electron chi connectivity index (χ4n) is 1.98. The molecule has 1 saturated heterocycles. The Hall–Kier alpha value is -1.13. The predicted molar refractivity (Wildman–Crippen MR) is 65.9 cm³/mol. The smallest absolute Gasteiger partial charge is 0.218 e. The molecule has 1 aromatic heterocycles. The van der Waals surface area contributed by atoms with E-state index in [0.717, 1.165) is 25.0 Å². The van der Waals surface area contributed by atoms with Gasteiger partial charge in [-0.15, -0.1) is 0 Å². The number of hydrogen-bond acceptors (Lipinski definition) is 4. The summed E-state index contributed by atoms with van der Waals surface area (Å²) in [7, 11) is 0. The van der Waals surface area contributed by atoms with Crippen LogP contribution in [0.25, 0.3) is 0 Å². The molecule has 2 heterocycles. The van der Waals surface area contributed by atoms with Crippen LogP contribution < -0.4 is 10.5 Å². The Morgan fingerprint density at radius 3 is 3.18 bits per heavy atom. The fourth-order valence-corrected chi connectivity index (χ4v) is 1.98. The van der Waals surface area contributed by atoms with Gasteiger partial charge in [0.15, 0.2) is 0 Å². The van der Waals surface area contributed by atoms with Crippen molar-refractivity contribution in [3.8, 4) is 5.88 Å². The number of hydrogen-bond donors (Lipinski definition) is 1. The van der Waals surface area contributed by atoms with Crippen LogP contribution in [0.2, 0.25) is 0 Å². The first-order valence-electron chi connectivity index (χ1n) is 6.22. The average Bonchev–Trinajstić information content (AvgIpc) is 2.38. The summed E-state index contributed by atoms with van der Waals surface area (Å²) in [6.07, 6.45) is 5.37. The minimum Gasteiger partial charge on any atom is -0.475 e. The molecule has 0 amide bonds. The van der Waals surface area contributed by atoms with Crippen LogP contribution in [0.4, 0.5) is 0 Å². The highest BCUT2D eigenvalue weighted by atomic mass is 16.5. The molecule has 2 rings (SSSR count). The summed E-state index contributed by atoms with van der Waals surface area (Å²) >= 11 is 0. The van der Waals surface area contributed by atoms with Crippen LogP contribution >= 0.6 is 0 Å². The van der Waals surface area contributed by atoms with Gasteiger partial charge >= 0.3 is 0 Å². The number of ether oxygens (including phenoxy) is 2. The van der Waals surface area contributed by atoms with Gasteiger partial charge in [0.1, 0.15) is 6.61 Å². The zero-order chi connectivity index (χ0) is 12.1. The Morgan fingerprint density at radius 2 is 2.47 bits per heavy atom. The van der Waals surface area contributed by atoms with E-state index < -0.39 is 0 Å². The molecule has 0 aliphatic carbocycles. The molecule has 0 aromatic carbocycles. The van der Waals surface area contributed by atoms with E-state index in [-0.39, 0.29) is 12.1 Å². The Kier molecular flexibility index (Phi) is 4.34. The van der Waals surface area contributed by atoms with E-state index >= 15 is 0 Å². The van der Waals surface area contributed by atoms with Gasteiger partial charge in [0, 0.05) is 24.4 Å². The molecule has 4 heteroatoms. The Morgan fingerprint density at radius 1 is 1.59 bits per heavy atom. The second-order valence-electron chi connectivity index (χ2n) is 4.49. The summed E-state index contributed by atoms with van der Waals surface area (Å²) in [6, 6.07) is 3.77. The quantitative estimate of drug-likeness (QED) is 0.869. The summed E-state index contributed by atoms with van der Waals surface area (Å²) in [5, 5.41) is 0. The molecule has 94 valence electrons. The van der Waals surface area contributed by atoms with Gasteiger partial charge in [-0.2, -0.15) is 0 Å².